The van der Waals surface area contributed by atoms with Gasteiger partial charge < -0.3 is 24.3 Å². The Labute approximate surface area is 141 Å². The minimum atomic E-state index is -0.893. The number of ether oxygens (including phenoxy) is 4. The van der Waals surface area contributed by atoms with Gasteiger partial charge in [0.05, 0.1) is 12.7 Å². The van der Waals surface area contributed by atoms with Crippen molar-refractivity contribution in [3.05, 3.63) is 17.7 Å². The number of hydrogen-bond donors (Lipinski definition) is 1. The molecule has 1 aliphatic rings. The predicted molar refractivity (Wildman–Crippen MR) is 86.7 cm³/mol. The van der Waals surface area contributed by atoms with E-state index in [1.807, 2.05) is 13.8 Å². The van der Waals surface area contributed by atoms with Gasteiger partial charge in [-0.1, -0.05) is 13.8 Å². The Morgan fingerprint density at radius 1 is 1.21 bits per heavy atom. The molecule has 0 fully saturated rings. The lowest BCUT2D eigenvalue weighted by molar-refractivity contribution is -0.129. The number of rotatable bonds is 6. The first-order chi connectivity index (χ1) is 11.4. The summed E-state index contributed by atoms with van der Waals surface area (Å²) in [5, 5.41) is 2.73. The van der Waals surface area contributed by atoms with Crippen LogP contribution in [0.15, 0.2) is 12.1 Å². The summed E-state index contributed by atoms with van der Waals surface area (Å²) in [6.07, 6.45) is -0.893. The zero-order chi connectivity index (χ0) is 17.7. The minimum Gasteiger partial charge on any atom is -0.493 e. The van der Waals surface area contributed by atoms with Gasteiger partial charge in [-0.25, -0.2) is 4.79 Å². The van der Waals surface area contributed by atoms with Crippen LogP contribution >= 0.6 is 0 Å². The molecule has 1 aromatic carbocycles. The van der Waals surface area contributed by atoms with E-state index in [2.05, 4.69) is 5.32 Å². The van der Waals surface area contributed by atoms with E-state index in [9.17, 15) is 9.59 Å². The Morgan fingerprint density at radius 2 is 1.92 bits per heavy atom. The highest BCUT2D eigenvalue weighted by atomic mass is 16.6. The average Bonchev–Trinajstić information content (AvgIpc) is 2.58. The van der Waals surface area contributed by atoms with Crippen LogP contribution in [0.5, 0.6) is 17.2 Å². The van der Waals surface area contributed by atoms with Gasteiger partial charge in [-0.2, -0.15) is 0 Å². The van der Waals surface area contributed by atoms with Gasteiger partial charge in [-0.15, -0.1) is 0 Å². The second kappa shape index (κ2) is 7.90. The van der Waals surface area contributed by atoms with Crippen LogP contribution in [0.2, 0.25) is 0 Å². The summed E-state index contributed by atoms with van der Waals surface area (Å²) >= 11 is 0. The standard InChI is InChI=1S/C17H23NO6/c1-10(2)9-18-16(19)11(3)24-17(20)12-7-13(21-4)15-14(8-12)22-5-6-23-15/h7-8,10-11H,5-6,9H2,1-4H3,(H,18,19)/t11-/m0/s1. The van der Waals surface area contributed by atoms with Crippen molar-refractivity contribution in [1.82, 2.24) is 5.32 Å². The van der Waals surface area contributed by atoms with Crippen molar-refractivity contribution >= 4 is 11.9 Å². The quantitative estimate of drug-likeness (QED) is 0.797. The number of hydrogen-bond acceptors (Lipinski definition) is 6. The van der Waals surface area contributed by atoms with Crippen LogP contribution in [-0.2, 0) is 9.53 Å². The Morgan fingerprint density at radius 3 is 2.58 bits per heavy atom. The summed E-state index contributed by atoms with van der Waals surface area (Å²) in [6, 6.07) is 3.03. The molecule has 0 aromatic heterocycles. The van der Waals surface area contributed by atoms with Crippen molar-refractivity contribution in [2.75, 3.05) is 26.9 Å². The zero-order valence-corrected chi connectivity index (χ0v) is 14.4. The number of nitrogens with one attached hydrogen (secondary N) is 1. The molecule has 7 nitrogen and oxygen atoms in total. The third-order valence-corrected chi connectivity index (χ3v) is 3.40. The van der Waals surface area contributed by atoms with Crippen molar-refractivity contribution in [2.24, 2.45) is 5.92 Å². The van der Waals surface area contributed by atoms with Crippen LogP contribution in [0, 0.1) is 5.92 Å². The van der Waals surface area contributed by atoms with Crippen LogP contribution in [0.3, 0.4) is 0 Å². The molecule has 132 valence electrons. The molecule has 0 spiro atoms. The Balaban J connectivity index is 2.08. The van der Waals surface area contributed by atoms with Crippen LogP contribution in [0.25, 0.3) is 0 Å². The lowest BCUT2D eigenvalue weighted by Crippen LogP contribution is -2.37. The highest BCUT2D eigenvalue weighted by Crippen LogP contribution is 2.40. The van der Waals surface area contributed by atoms with Gasteiger partial charge in [0.15, 0.2) is 17.6 Å². The summed E-state index contributed by atoms with van der Waals surface area (Å²) in [5.41, 5.74) is 0.236. The molecule has 0 unspecified atom stereocenters. The lowest BCUT2D eigenvalue weighted by Gasteiger charge is -2.21. The summed E-state index contributed by atoms with van der Waals surface area (Å²) in [6.45, 7) is 6.83. The molecule has 0 saturated carbocycles. The molecule has 1 aromatic rings. The van der Waals surface area contributed by atoms with Gasteiger partial charge >= 0.3 is 5.97 Å². The monoisotopic (exact) mass is 337 g/mol. The summed E-state index contributed by atoms with van der Waals surface area (Å²) in [7, 11) is 1.48. The number of benzene rings is 1. The van der Waals surface area contributed by atoms with E-state index in [1.54, 1.807) is 0 Å². The van der Waals surface area contributed by atoms with Gasteiger partial charge in [0, 0.05) is 6.54 Å². The molecule has 24 heavy (non-hydrogen) atoms. The van der Waals surface area contributed by atoms with Gasteiger partial charge in [-0.05, 0) is 25.0 Å². The molecule has 1 atom stereocenters. The fourth-order valence-electron chi connectivity index (χ4n) is 2.12. The molecule has 0 bridgehead atoms. The number of amides is 1. The number of methoxy groups -OCH3 is 1. The molecule has 1 amide bonds. The molecule has 0 aliphatic carbocycles. The highest BCUT2D eigenvalue weighted by molar-refractivity contribution is 5.93. The second-order valence-corrected chi connectivity index (χ2v) is 5.89. The SMILES string of the molecule is COc1cc(C(=O)O[C@@H](C)C(=O)NCC(C)C)cc2c1OCCO2. The van der Waals surface area contributed by atoms with Crippen molar-refractivity contribution in [3.63, 3.8) is 0 Å². The predicted octanol–water partition coefficient (Wildman–Crippen LogP) is 1.78. The maximum absolute atomic E-state index is 12.3. The number of carbonyl (C=O) groups excluding carboxylic acids is 2. The topological polar surface area (TPSA) is 83.1 Å². The normalized spacial score (nSPS) is 14.0. The molecule has 7 heteroatoms. The van der Waals surface area contributed by atoms with E-state index < -0.39 is 12.1 Å². The first-order valence-corrected chi connectivity index (χ1v) is 7.88. The largest absolute Gasteiger partial charge is 0.493 e. The Bertz CT molecular complexity index is 596. The van der Waals surface area contributed by atoms with Crippen molar-refractivity contribution in [3.8, 4) is 17.2 Å². The minimum absolute atomic E-state index is 0.236. The first-order valence-electron chi connectivity index (χ1n) is 7.88. The van der Waals surface area contributed by atoms with Crippen molar-refractivity contribution in [1.29, 1.82) is 0 Å². The Hall–Kier alpha value is -2.44. The van der Waals surface area contributed by atoms with E-state index in [4.69, 9.17) is 18.9 Å². The maximum atomic E-state index is 12.3. The van der Waals surface area contributed by atoms with Crippen LogP contribution < -0.4 is 19.5 Å². The highest BCUT2D eigenvalue weighted by Gasteiger charge is 2.24. The number of esters is 1. The summed E-state index contributed by atoms with van der Waals surface area (Å²) < 4.78 is 21.4. The lowest BCUT2D eigenvalue weighted by atomic mass is 10.1. The van der Waals surface area contributed by atoms with Crippen LogP contribution in [0.1, 0.15) is 31.1 Å². The van der Waals surface area contributed by atoms with Crippen LogP contribution in [0.4, 0.5) is 0 Å². The number of fused-ring (bicyclic) bond motifs is 1. The van der Waals surface area contributed by atoms with E-state index in [0.717, 1.165) is 0 Å². The van der Waals surface area contributed by atoms with Gasteiger partial charge in [0.25, 0.3) is 5.91 Å². The van der Waals surface area contributed by atoms with E-state index >= 15 is 0 Å². The molecule has 1 aliphatic heterocycles. The Kier molecular flexibility index (Phi) is 5.89. The first kappa shape index (κ1) is 17.9. The second-order valence-electron chi connectivity index (χ2n) is 5.89. The van der Waals surface area contributed by atoms with E-state index in [0.29, 0.717) is 42.9 Å². The fourth-order valence-corrected chi connectivity index (χ4v) is 2.12. The average molecular weight is 337 g/mol. The van der Waals surface area contributed by atoms with Crippen LogP contribution in [-0.4, -0.2) is 44.8 Å². The molecule has 1 heterocycles. The maximum Gasteiger partial charge on any atom is 0.339 e. The molecule has 1 N–H and O–H groups in total. The van der Waals surface area contributed by atoms with Gasteiger partial charge in [0.2, 0.25) is 5.75 Å². The summed E-state index contributed by atoms with van der Waals surface area (Å²) in [5.74, 6) is 0.626. The number of carbonyl (C=O) groups is 2. The zero-order valence-electron chi connectivity index (χ0n) is 14.4. The van der Waals surface area contributed by atoms with Crippen molar-refractivity contribution < 1.29 is 28.5 Å². The summed E-state index contributed by atoms with van der Waals surface area (Å²) in [4.78, 5) is 24.2. The van der Waals surface area contributed by atoms with E-state index in [-0.39, 0.29) is 11.5 Å². The molecular weight excluding hydrogens is 314 g/mol. The van der Waals surface area contributed by atoms with E-state index in [1.165, 1.54) is 26.2 Å². The molecular formula is C17H23NO6. The van der Waals surface area contributed by atoms with Gasteiger partial charge in [-0.3, -0.25) is 4.79 Å². The molecule has 2 rings (SSSR count). The molecule has 0 saturated heterocycles. The third-order valence-electron chi connectivity index (χ3n) is 3.40. The smallest absolute Gasteiger partial charge is 0.339 e. The fraction of sp³-hybridized carbons (Fsp3) is 0.529. The van der Waals surface area contributed by atoms with Gasteiger partial charge in [0.1, 0.15) is 13.2 Å². The van der Waals surface area contributed by atoms with Crippen molar-refractivity contribution in [2.45, 2.75) is 26.9 Å². The molecule has 0 radical (unpaired) electrons. The third kappa shape index (κ3) is 4.31.